The first-order valence-corrected chi connectivity index (χ1v) is 5.19. The van der Waals surface area contributed by atoms with Crippen LogP contribution in [0.1, 0.15) is 39.0 Å². The molecule has 1 saturated carbocycles. The van der Waals surface area contributed by atoms with Gasteiger partial charge in [0.1, 0.15) is 0 Å². The molecule has 2 nitrogen and oxygen atoms in total. The van der Waals surface area contributed by atoms with Gasteiger partial charge in [-0.1, -0.05) is 31.4 Å². The fourth-order valence-corrected chi connectivity index (χ4v) is 1.51. The van der Waals surface area contributed by atoms with E-state index in [0.29, 0.717) is 0 Å². The Morgan fingerprint density at radius 1 is 1.36 bits per heavy atom. The van der Waals surface area contributed by atoms with Crippen molar-refractivity contribution in [1.82, 2.24) is 0 Å². The molecule has 0 unspecified atom stereocenters. The van der Waals surface area contributed by atoms with Gasteiger partial charge < -0.3 is 5.11 Å². The van der Waals surface area contributed by atoms with E-state index >= 15 is 0 Å². The first-order chi connectivity index (χ1) is 6.70. The summed E-state index contributed by atoms with van der Waals surface area (Å²) in [4.78, 5) is 9.51. The van der Waals surface area contributed by atoms with Crippen molar-refractivity contribution in [2.24, 2.45) is 5.92 Å². The summed E-state index contributed by atoms with van der Waals surface area (Å²) in [6, 6.07) is 0. The van der Waals surface area contributed by atoms with E-state index in [-0.39, 0.29) is 0 Å². The largest absolute Gasteiger partial charge is 0.478 e. The molecule has 0 aliphatic heterocycles. The first kappa shape index (κ1) is 12.9. The summed E-state index contributed by atoms with van der Waals surface area (Å²) in [6.07, 6.45) is 11.8. The zero-order valence-corrected chi connectivity index (χ0v) is 8.91. The van der Waals surface area contributed by atoms with E-state index in [9.17, 15) is 4.79 Å². The van der Waals surface area contributed by atoms with Crippen LogP contribution in [0.25, 0.3) is 0 Å². The summed E-state index contributed by atoms with van der Waals surface area (Å²) < 4.78 is 0. The second-order valence-corrected chi connectivity index (χ2v) is 3.47. The van der Waals surface area contributed by atoms with Crippen molar-refractivity contribution >= 4 is 5.97 Å². The lowest BCUT2D eigenvalue weighted by Gasteiger charge is -2.16. The predicted molar refractivity (Wildman–Crippen MR) is 59.2 cm³/mol. The van der Waals surface area contributed by atoms with Crippen LogP contribution in [0, 0.1) is 5.92 Å². The molecule has 0 bridgehead atoms. The topological polar surface area (TPSA) is 37.3 Å². The molecule has 1 aliphatic carbocycles. The van der Waals surface area contributed by atoms with Crippen LogP contribution in [-0.4, -0.2) is 11.1 Å². The van der Waals surface area contributed by atoms with Crippen LogP contribution in [0.3, 0.4) is 0 Å². The lowest BCUT2D eigenvalue weighted by Crippen LogP contribution is -2.01. The zero-order valence-electron chi connectivity index (χ0n) is 8.91. The molecule has 0 aromatic carbocycles. The highest BCUT2D eigenvalue weighted by Gasteiger charge is 2.07. The van der Waals surface area contributed by atoms with Gasteiger partial charge in [0.2, 0.25) is 0 Å². The Labute approximate surface area is 86.3 Å². The number of rotatable bonds is 2. The monoisotopic (exact) mass is 196 g/mol. The number of carboxylic acid groups (broad SMARTS) is 1. The van der Waals surface area contributed by atoms with Crippen LogP contribution in [0.4, 0.5) is 0 Å². The summed E-state index contributed by atoms with van der Waals surface area (Å²) in [5.74, 6) is -0.0405. The minimum atomic E-state index is -0.891. The van der Waals surface area contributed by atoms with Gasteiger partial charge in [-0.25, -0.2) is 4.79 Å². The molecule has 14 heavy (non-hydrogen) atoms. The molecular formula is C12H20O2. The second kappa shape index (κ2) is 8.54. The van der Waals surface area contributed by atoms with E-state index in [4.69, 9.17) is 5.11 Å². The smallest absolute Gasteiger partial charge is 0.327 e. The summed E-state index contributed by atoms with van der Waals surface area (Å²) in [6.45, 7) is 5.45. The molecule has 0 aromatic heterocycles. The Kier molecular flexibility index (Phi) is 7.90. The SMILES string of the molecule is C/C=C/C(=O)O.C=CC1CCCCC1. The third-order valence-corrected chi connectivity index (χ3v) is 2.29. The highest BCUT2D eigenvalue weighted by Crippen LogP contribution is 2.23. The van der Waals surface area contributed by atoms with Gasteiger partial charge in [0, 0.05) is 6.08 Å². The fraction of sp³-hybridized carbons (Fsp3) is 0.583. The third kappa shape index (κ3) is 7.59. The Hall–Kier alpha value is -1.05. The Bertz CT molecular complexity index is 188. The fourth-order valence-electron chi connectivity index (χ4n) is 1.51. The van der Waals surface area contributed by atoms with Crippen LogP contribution in [0.15, 0.2) is 24.8 Å². The first-order valence-electron chi connectivity index (χ1n) is 5.19. The molecule has 1 N–H and O–H groups in total. The van der Waals surface area contributed by atoms with Crippen molar-refractivity contribution in [3.63, 3.8) is 0 Å². The number of aliphatic carboxylic acids is 1. The molecule has 2 heteroatoms. The average molecular weight is 196 g/mol. The van der Waals surface area contributed by atoms with Gasteiger partial charge in [-0.2, -0.15) is 0 Å². The molecule has 1 fully saturated rings. The molecule has 0 saturated heterocycles. The minimum absolute atomic E-state index is 0.851. The molecular weight excluding hydrogens is 176 g/mol. The molecule has 0 heterocycles. The maximum atomic E-state index is 9.51. The van der Waals surface area contributed by atoms with Gasteiger partial charge >= 0.3 is 5.97 Å². The maximum absolute atomic E-state index is 9.51. The highest BCUT2D eigenvalue weighted by molar-refractivity contribution is 5.79. The molecule has 0 aromatic rings. The van der Waals surface area contributed by atoms with Crippen molar-refractivity contribution in [2.45, 2.75) is 39.0 Å². The average Bonchev–Trinajstić information content (AvgIpc) is 2.20. The van der Waals surface area contributed by atoms with Crippen LogP contribution >= 0.6 is 0 Å². The molecule has 0 amide bonds. The van der Waals surface area contributed by atoms with Gasteiger partial charge in [-0.05, 0) is 25.7 Å². The van der Waals surface area contributed by atoms with Crippen LogP contribution < -0.4 is 0 Å². The van der Waals surface area contributed by atoms with E-state index < -0.39 is 5.97 Å². The van der Waals surface area contributed by atoms with Gasteiger partial charge in [0.25, 0.3) is 0 Å². The molecule has 0 spiro atoms. The molecule has 1 rings (SSSR count). The van der Waals surface area contributed by atoms with E-state index in [2.05, 4.69) is 12.7 Å². The summed E-state index contributed by atoms with van der Waals surface area (Å²) in [5.41, 5.74) is 0. The summed E-state index contributed by atoms with van der Waals surface area (Å²) in [7, 11) is 0. The van der Waals surface area contributed by atoms with Crippen molar-refractivity contribution in [1.29, 1.82) is 0 Å². The normalized spacial score (nSPS) is 17.2. The Morgan fingerprint density at radius 3 is 2.14 bits per heavy atom. The zero-order chi connectivity index (χ0) is 10.8. The highest BCUT2D eigenvalue weighted by atomic mass is 16.4. The minimum Gasteiger partial charge on any atom is -0.478 e. The standard InChI is InChI=1S/C8H14.C4H6O2/c1-2-8-6-4-3-5-7-8;1-2-3-4(5)6/h2,8H,1,3-7H2;2-3H,1H3,(H,5,6)/b;3-2+. The van der Waals surface area contributed by atoms with Gasteiger partial charge in [-0.3, -0.25) is 0 Å². The second-order valence-electron chi connectivity index (χ2n) is 3.47. The van der Waals surface area contributed by atoms with Gasteiger partial charge in [0.15, 0.2) is 0 Å². The number of allylic oxidation sites excluding steroid dienone is 2. The van der Waals surface area contributed by atoms with Crippen molar-refractivity contribution in [3.8, 4) is 0 Å². The lowest BCUT2D eigenvalue weighted by atomic mass is 9.90. The summed E-state index contributed by atoms with van der Waals surface area (Å²) in [5, 5.41) is 7.83. The van der Waals surface area contributed by atoms with Gasteiger partial charge in [-0.15, -0.1) is 6.58 Å². The van der Waals surface area contributed by atoms with E-state index in [1.165, 1.54) is 38.2 Å². The number of carbonyl (C=O) groups is 1. The van der Waals surface area contributed by atoms with Crippen LogP contribution in [0.2, 0.25) is 0 Å². The van der Waals surface area contributed by atoms with Gasteiger partial charge in [0.05, 0.1) is 0 Å². The Morgan fingerprint density at radius 2 is 1.93 bits per heavy atom. The van der Waals surface area contributed by atoms with Crippen molar-refractivity contribution < 1.29 is 9.90 Å². The molecule has 80 valence electrons. The third-order valence-electron chi connectivity index (χ3n) is 2.29. The number of carboxylic acids is 1. The quantitative estimate of drug-likeness (QED) is 0.543. The molecule has 1 aliphatic rings. The van der Waals surface area contributed by atoms with Crippen molar-refractivity contribution in [2.75, 3.05) is 0 Å². The predicted octanol–water partition coefficient (Wildman–Crippen LogP) is 3.40. The van der Waals surface area contributed by atoms with Crippen LogP contribution in [0.5, 0.6) is 0 Å². The Balaban J connectivity index is 0.000000255. The molecule has 0 atom stereocenters. The molecule has 0 radical (unpaired) electrons. The lowest BCUT2D eigenvalue weighted by molar-refractivity contribution is -0.131. The summed E-state index contributed by atoms with van der Waals surface area (Å²) >= 11 is 0. The van der Waals surface area contributed by atoms with Crippen molar-refractivity contribution in [3.05, 3.63) is 24.8 Å². The van der Waals surface area contributed by atoms with E-state index in [0.717, 1.165) is 12.0 Å². The van der Waals surface area contributed by atoms with Crippen LogP contribution in [-0.2, 0) is 4.79 Å². The maximum Gasteiger partial charge on any atom is 0.327 e. The van der Waals surface area contributed by atoms with E-state index in [1.807, 2.05) is 0 Å². The number of hydrogen-bond acceptors (Lipinski definition) is 1. The van der Waals surface area contributed by atoms with E-state index in [1.54, 1.807) is 6.92 Å². The number of hydrogen-bond donors (Lipinski definition) is 1.